The maximum atomic E-state index is 10.8. The van der Waals surface area contributed by atoms with Gasteiger partial charge >= 0.3 is 0 Å². The van der Waals surface area contributed by atoms with Gasteiger partial charge in [0.15, 0.2) is 0 Å². The second kappa shape index (κ2) is 4.25. The summed E-state index contributed by atoms with van der Waals surface area (Å²) < 4.78 is 0. The van der Waals surface area contributed by atoms with E-state index in [9.17, 15) is 10.2 Å². The number of fused-ring (bicyclic) bond motifs is 2. The number of allylic oxidation sites excluding steroid dienone is 2. The van der Waals surface area contributed by atoms with Crippen LogP contribution in [-0.2, 0) is 0 Å². The molecule has 132 valence electrons. The summed E-state index contributed by atoms with van der Waals surface area (Å²) in [5.41, 5.74) is 0.815. The van der Waals surface area contributed by atoms with Crippen molar-refractivity contribution in [3.63, 3.8) is 0 Å². The van der Waals surface area contributed by atoms with E-state index in [2.05, 4.69) is 27.7 Å². The molecule has 4 heteroatoms. The molecule has 4 aliphatic rings. The van der Waals surface area contributed by atoms with Crippen LogP contribution in [0.4, 0.5) is 0 Å². The minimum atomic E-state index is -0.571. The van der Waals surface area contributed by atoms with Crippen molar-refractivity contribution in [2.75, 3.05) is 0 Å². The van der Waals surface area contributed by atoms with Gasteiger partial charge in [-0.05, 0) is 50.7 Å². The van der Waals surface area contributed by atoms with E-state index in [-0.39, 0.29) is 10.8 Å². The lowest BCUT2D eigenvalue weighted by atomic mass is 9.94. The summed E-state index contributed by atoms with van der Waals surface area (Å²) in [5, 5.41) is 31.2. The first-order chi connectivity index (χ1) is 11.0. The van der Waals surface area contributed by atoms with Crippen LogP contribution in [0.3, 0.4) is 0 Å². The maximum absolute atomic E-state index is 10.8. The van der Waals surface area contributed by atoms with Gasteiger partial charge in [-0.2, -0.15) is 10.2 Å². The van der Waals surface area contributed by atoms with Gasteiger partial charge in [0.2, 0.25) is 0 Å². The average molecular weight is 330 g/mol. The summed E-state index contributed by atoms with van der Waals surface area (Å²) in [6, 6.07) is 0. The Morgan fingerprint density at radius 3 is 1.42 bits per heavy atom. The van der Waals surface area contributed by atoms with E-state index in [0.29, 0.717) is 23.4 Å². The van der Waals surface area contributed by atoms with E-state index in [4.69, 9.17) is 10.2 Å². The van der Waals surface area contributed by atoms with E-state index >= 15 is 0 Å². The van der Waals surface area contributed by atoms with Crippen molar-refractivity contribution in [3.05, 3.63) is 22.7 Å². The van der Waals surface area contributed by atoms with Crippen molar-refractivity contribution in [1.29, 1.82) is 0 Å². The summed E-state index contributed by atoms with van der Waals surface area (Å²) in [5.74, 6) is 1.56. The van der Waals surface area contributed by atoms with Crippen LogP contribution in [0.25, 0.3) is 0 Å². The molecule has 0 saturated heterocycles. The van der Waals surface area contributed by atoms with E-state index < -0.39 is 11.1 Å². The SMILES string of the molecule is CC1=C(O)C2(N=NC34C(O)=C(C)CCC3C4(C)C)C(CC1)C2(C)C. The second-order valence-electron chi connectivity index (χ2n) is 9.62. The third-order valence-corrected chi connectivity index (χ3v) is 8.06. The van der Waals surface area contributed by atoms with Crippen LogP contribution in [0.1, 0.15) is 67.2 Å². The summed E-state index contributed by atoms with van der Waals surface area (Å²) >= 11 is 0. The molecule has 24 heavy (non-hydrogen) atoms. The molecule has 2 N–H and O–H groups in total. The normalized spacial score (nSPS) is 45.2. The molecule has 4 rings (SSSR count). The van der Waals surface area contributed by atoms with E-state index in [1.54, 1.807) is 0 Å². The quantitative estimate of drug-likeness (QED) is 0.658. The number of aliphatic hydroxyl groups excluding tert-OH is 2. The van der Waals surface area contributed by atoms with Gasteiger partial charge in [0.25, 0.3) is 0 Å². The smallest absolute Gasteiger partial charge is 0.147 e. The van der Waals surface area contributed by atoms with Crippen molar-refractivity contribution in [2.24, 2.45) is 32.9 Å². The number of aliphatic hydroxyl groups is 2. The molecule has 4 unspecified atom stereocenters. The average Bonchev–Trinajstić information content (AvgIpc) is 3.21. The molecule has 0 aromatic rings. The Kier molecular flexibility index (Phi) is 2.87. The summed E-state index contributed by atoms with van der Waals surface area (Å²) in [7, 11) is 0. The van der Waals surface area contributed by atoms with E-state index in [1.807, 2.05) is 13.8 Å². The van der Waals surface area contributed by atoms with Crippen LogP contribution >= 0.6 is 0 Å². The van der Waals surface area contributed by atoms with Crippen LogP contribution in [0.15, 0.2) is 32.9 Å². The van der Waals surface area contributed by atoms with E-state index in [0.717, 1.165) is 36.8 Å². The van der Waals surface area contributed by atoms with Gasteiger partial charge in [-0.25, -0.2) is 0 Å². The Bertz CT molecular complexity index is 655. The number of rotatable bonds is 2. The van der Waals surface area contributed by atoms with Gasteiger partial charge in [0.1, 0.15) is 22.6 Å². The Hall–Kier alpha value is -1.32. The molecule has 0 heterocycles. The second-order valence-corrected chi connectivity index (χ2v) is 9.62. The lowest BCUT2D eigenvalue weighted by molar-refractivity contribution is 0.282. The molecule has 0 amide bonds. The highest BCUT2D eigenvalue weighted by Crippen LogP contribution is 2.75. The van der Waals surface area contributed by atoms with E-state index in [1.165, 1.54) is 0 Å². The number of nitrogens with zero attached hydrogens (tertiary/aromatic N) is 2. The first-order valence-electron chi connectivity index (χ1n) is 9.27. The van der Waals surface area contributed by atoms with Crippen molar-refractivity contribution in [2.45, 2.75) is 78.3 Å². The predicted octanol–water partition coefficient (Wildman–Crippen LogP) is 5.48. The molecule has 0 aromatic carbocycles. The van der Waals surface area contributed by atoms with Gasteiger partial charge < -0.3 is 10.2 Å². The predicted molar refractivity (Wildman–Crippen MR) is 94.0 cm³/mol. The Balaban J connectivity index is 1.79. The van der Waals surface area contributed by atoms with Gasteiger partial charge in [0, 0.05) is 22.7 Å². The molecular weight excluding hydrogens is 300 g/mol. The highest BCUT2D eigenvalue weighted by molar-refractivity contribution is 5.44. The van der Waals surface area contributed by atoms with Crippen LogP contribution in [-0.4, -0.2) is 21.3 Å². The zero-order chi connectivity index (χ0) is 17.7. The van der Waals surface area contributed by atoms with Crippen LogP contribution in [0.5, 0.6) is 0 Å². The minimum absolute atomic E-state index is 0.0629. The van der Waals surface area contributed by atoms with Gasteiger partial charge in [-0.1, -0.05) is 27.7 Å². The third kappa shape index (κ3) is 1.48. The van der Waals surface area contributed by atoms with Crippen LogP contribution < -0.4 is 0 Å². The van der Waals surface area contributed by atoms with Crippen molar-refractivity contribution < 1.29 is 10.2 Å². The van der Waals surface area contributed by atoms with Gasteiger partial charge in [-0.3, -0.25) is 0 Å². The maximum Gasteiger partial charge on any atom is 0.147 e. The Labute approximate surface area is 144 Å². The van der Waals surface area contributed by atoms with Crippen LogP contribution in [0.2, 0.25) is 0 Å². The van der Waals surface area contributed by atoms with Gasteiger partial charge in [-0.15, -0.1) is 0 Å². The van der Waals surface area contributed by atoms with Crippen LogP contribution in [0, 0.1) is 22.7 Å². The summed E-state index contributed by atoms with van der Waals surface area (Å²) in [4.78, 5) is 0. The summed E-state index contributed by atoms with van der Waals surface area (Å²) in [6.45, 7) is 12.7. The molecular formula is C20H30N2O2. The molecule has 4 nitrogen and oxygen atoms in total. The Morgan fingerprint density at radius 2 is 1.08 bits per heavy atom. The molecule has 4 atom stereocenters. The lowest BCUT2D eigenvalue weighted by Gasteiger charge is -2.24. The third-order valence-electron chi connectivity index (χ3n) is 8.06. The number of hydrogen-bond donors (Lipinski definition) is 2. The lowest BCUT2D eigenvalue weighted by Crippen LogP contribution is -2.25. The first-order valence-corrected chi connectivity index (χ1v) is 9.27. The fraction of sp³-hybridized carbons (Fsp3) is 0.800. The highest BCUT2D eigenvalue weighted by Gasteiger charge is 2.79. The highest BCUT2D eigenvalue weighted by atomic mass is 16.3. The molecule has 0 radical (unpaired) electrons. The fourth-order valence-corrected chi connectivity index (χ4v) is 6.03. The topological polar surface area (TPSA) is 65.2 Å². The van der Waals surface area contributed by atoms with Gasteiger partial charge in [0.05, 0.1) is 0 Å². The van der Waals surface area contributed by atoms with Crippen molar-refractivity contribution >= 4 is 0 Å². The fourth-order valence-electron chi connectivity index (χ4n) is 6.03. The molecule has 4 aliphatic carbocycles. The first kappa shape index (κ1) is 16.2. The number of hydrogen-bond acceptors (Lipinski definition) is 4. The monoisotopic (exact) mass is 330 g/mol. The molecule has 0 aliphatic heterocycles. The molecule has 0 bridgehead atoms. The zero-order valence-corrected chi connectivity index (χ0v) is 15.8. The molecule has 2 fully saturated rings. The van der Waals surface area contributed by atoms with Crippen molar-refractivity contribution in [1.82, 2.24) is 0 Å². The summed E-state index contributed by atoms with van der Waals surface area (Å²) in [6.07, 6.45) is 4.01. The zero-order valence-electron chi connectivity index (χ0n) is 15.8. The van der Waals surface area contributed by atoms with Crippen molar-refractivity contribution in [3.8, 4) is 0 Å². The standard InChI is InChI=1S/C20H30N2O2/c1-11-7-9-13-17(3,4)19(13,15(11)23)21-22-20-14(18(20,5)6)10-8-12(2)16(20)24/h13-14,23-24H,7-10H2,1-6H3. The molecule has 2 saturated carbocycles. The molecule has 0 aromatic heterocycles. The Morgan fingerprint density at radius 1 is 0.750 bits per heavy atom. The number of azo groups is 1. The largest absolute Gasteiger partial charge is 0.510 e. The molecule has 0 spiro atoms. The minimum Gasteiger partial charge on any atom is -0.510 e.